The summed E-state index contributed by atoms with van der Waals surface area (Å²) in [5.74, 6) is 0. The van der Waals surface area contributed by atoms with Crippen LogP contribution in [-0.4, -0.2) is 22.3 Å². The van der Waals surface area contributed by atoms with Crippen molar-refractivity contribution >= 4 is 11.9 Å². The van der Waals surface area contributed by atoms with Gasteiger partial charge in [0.25, 0.3) is 0 Å². The van der Waals surface area contributed by atoms with E-state index in [0.717, 1.165) is 19.1 Å². The van der Waals surface area contributed by atoms with E-state index in [4.69, 9.17) is 10.4 Å². The van der Waals surface area contributed by atoms with Crippen molar-refractivity contribution in [2.75, 3.05) is 0 Å². The van der Waals surface area contributed by atoms with Crippen LogP contribution in [0.3, 0.4) is 0 Å². The van der Waals surface area contributed by atoms with Gasteiger partial charge in [-0.1, -0.05) is 36.5 Å². The number of hydrogen-bond acceptors (Lipinski definition) is 4. The molecule has 0 aliphatic heterocycles. The Morgan fingerprint density at radius 1 is 1.25 bits per heavy atom. The molecule has 2 N–H and O–H groups in total. The maximum atomic E-state index is 8.40. The van der Waals surface area contributed by atoms with Crippen molar-refractivity contribution in [1.29, 1.82) is 0 Å². The van der Waals surface area contributed by atoms with Gasteiger partial charge in [0.15, 0.2) is 0 Å². The van der Waals surface area contributed by atoms with Crippen molar-refractivity contribution in [2.24, 2.45) is 10.3 Å². The van der Waals surface area contributed by atoms with E-state index in [0.29, 0.717) is 12.1 Å². The molecule has 0 aliphatic carbocycles. The second-order valence-electron chi connectivity index (χ2n) is 2.65. The van der Waals surface area contributed by atoms with E-state index in [1.165, 1.54) is 12.8 Å². The lowest BCUT2D eigenvalue weighted by Crippen LogP contribution is -1.99. The van der Waals surface area contributed by atoms with Gasteiger partial charge in [-0.25, -0.2) is 0 Å². The molecule has 0 saturated heterocycles. The molecule has 0 rings (SSSR count). The molecule has 0 fully saturated rings. The van der Waals surface area contributed by atoms with Gasteiger partial charge in [0.1, 0.15) is 5.71 Å². The second kappa shape index (κ2) is 8.04. The Hall–Kier alpha value is -1.06. The summed E-state index contributed by atoms with van der Waals surface area (Å²) in [5, 5.41) is 22.3. The Kier molecular flexibility index (Phi) is 7.33. The lowest BCUT2D eigenvalue weighted by molar-refractivity contribution is 0.314. The van der Waals surface area contributed by atoms with Crippen LogP contribution < -0.4 is 0 Å². The zero-order valence-corrected chi connectivity index (χ0v) is 7.40. The van der Waals surface area contributed by atoms with Gasteiger partial charge < -0.3 is 10.4 Å². The van der Waals surface area contributed by atoms with Crippen LogP contribution in [0, 0.1) is 0 Å². The van der Waals surface area contributed by atoms with E-state index in [-0.39, 0.29) is 0 Å². The summed E-state index contributed by atoms with van der Waals surface area (Å²) in [6, 6.07) is 0. The van der Waals surface area contributed by atoms with E-state index in [1.54, 1.807) is 0 Å². The van der Waals surface area contributed by atoms with Crippen molar-refractivity contribution in [3.8, 4) is 0 Å². The van der Waals surface area contributed by atoms with E-state index < -0.39 is 0 Å². The number of unbranched alkanes of at least 4 members (excludes halogenated alkanes) is 3. The largest absolute Gasteiger partial charge is 0.411 e. The topological polar surface area (TPSA) is 65.2 Å². The number of rotatable bonds is 6. The summed E-state index contributed by atoms with van der Waals surface area (Å²) in [5.41, 5.74) is 0.425. The number of oxime groups is 2. The van der Waals surface area contributed by atoms with Crippen molar-refractivity contribution in [3.63, 3.8) is 0 Å². The highest BCUT2D eigenvalue weighted by Crippen LogP contribution is 2.02. The average Bonchev–Trinajstić information content (AvgIpc) is 2.10. The standard InChI is InChI=1S/C8H16N2O2/c1-2-3-4-5-6-8(10-12)7-9-11/h7,11-12H,2-6H2,1H3. The Morgan fingerprint density at radius 2 is 2.00 bits per heavy atom. The molecular formula is C8H16N2O2. The molecule has 0 saturated carbocycles. The van der Waals surface area contributed by atoms with Crippen LogP contribution in [0.4, 0.5) is 0 Å². The molecule has 0 bridgehead atoms. The molecule has 0 radical (unpaired) electrons. The smallest absolute Gasteiger partial charge is 0.101 e. The molecule has 0 amide bonds. The molecule has 4 nitrogen and oxygen atoms in total. The first kappa shape index (κ1) is 10.9. The normalized spacial score (nSPS) is 12.6. The highest BCUT2D eigenvalue weighted by atomic mass is 16.4. The zero-order chi connectivity index (χ0) is 9.23. The van der Waals surface area contributed by atoms with Crippen LogP contribution in [0.15, 0.2) is 10.3 Å². The van der Waals surface area contributed by atoms with Crippen LogP contribution >= 0.6 is 0 Å². The third kappa shape index (κ3) is 5.70. The zero-order valence-electron chi connectivity index (χ0n) is 7.40. The van der Waals surface area contributed by atoms with Gasteiger partial charge in [0.05, 0.1) is 6.21 Å². The molecule has 0 aliphatic rings. The lowest BCUT2D eigenvalue weighted by Gasteiger charge is -1.97. The Labute approximate surface area is 72.6 Å². The predicted octanol–water partition coefficient (Wildman–Crippen LogP) is 2.25. The van der Waals surface area contributed by atoms with Gasteiger partial charge in [-0.3, -0.25) is 0 Å². The lowest BCUT2D eigenvalue weighted by atomic mass is 10.1. The highest BCUT2D eigenvalue weighted by molar-refractivity contribution is 6.30. The van der Waals surface area contributed by atoms with Gasteiger partial charge in [0, 0.05) is 0 Å². The quantitative estimate of drug-likeness (QED) is 0.279. The fourth-order valence-electron chi connectivity index (χ4n) is 0.940. The predicted molar refractivity (Wildman–Crippen MR) is 48.3 cm³/mol. The van der Waals surface area contributed by atoms with Crippen LogP contribution in [0.2, 0.25) is 0 Å². The minimum absolute atomic E-state index is 0.425. The molecule has 12 heavy (non-hydrogen) atoms. The molecule has 70 valence electrons. The molecular weight excluding hydrogens is 156 g/mol. The van der Waals surface area contributed by atoms with Crippen molar-refractivity contribution in [1.82, 2.24) is 0 Å². The van der Waals surface area contributed by atoms with Crippen LogP contribution in [0.1, 0.15) is 39.0 Å². The highest BCUT2D eigenvalue weighted by Gasteiger charge is 1.95. The third-order valence-electron chi connectivity index (χ3n) is 1.62. The average molecular weight is 172 g/mol. The van der Waals surface area contributed by atoms with E-state index >= 15 is 0 Å². The molecule has 0 aromatic heterocycles. The first-order valence-corrected chi connectivity index (χ1v) is 4.23. The summed E-state index contributed by atoms with van der Waals surface area (Å²) in [6.45, 7) is 2.14. The SMILES string of the molecule is CCCCCCC(C=NO)=NO. The fourth-order valence-corrected chi connectivity index (χ4v) is 0.940. The van der Waals surface area contributed by atoms with Gasteiger partial charge in [-0.2, -0.15) is 0 Å². The van der Waals surface area contributed by atoms with Gasteiger partial charge in [-0.05, 0) is 12.8 Å². The summed E-state index contributed by atoms with van der Waals surface area (Å²) >= 11 is 0. The van der Waals surface area contributed by atoms with Crippen molar-refractivity contribution in [3.05, 3.63) is 0 Å². The summed E-state index contributed by atoms with van der Waals surface area (Å²) in [6.07, 6.45) is 6.29. The fraction of sp³-hybridized carbons (Fsp3) is 0.750. The first-order valence-electron chi connectivity index (χ1n) is 4.23. The number of nitrogens with zero attached hydrogens (tertiary/aromatic N) is 2. The molecule has 0 aromatic carbocycles. The monoisotopic (exact) mass is 172 g/mol. The third-order valence-corrected chi connectivity index (χ3v) is 1.62. The molecule has 0 atom stereocenters. The van der Waals surface area contributed by atoms with E-state index in [2.05, 4.69) is 17.2 Å². The van der Waals surface area contributed by atoms with Crippen molar-refractivity contribution < 1.29 is 10.4 Å². The second-order valence-corrected chi connectivity index (χ2v) is 2.65. The van der Waals surface area contributed by atoms with Gasteiger partial charge in [0.2, 0.25) is 0 Å². The first-order chi connectivity index (χ1) is 5.85. The Bertz CT molecular complexity index is 155. The van der Waals surface area contributed by atoms with Gasteiger partial charge >= 0.3 is 0 Å². The van der Waals surface area contributed by atoms with Gasteiger partial charge in [-0.15, -0.1) is 0 Å². The molecule has 0 spiro atoms. The molecule has 4 heteroatoms. The summed E-state index contributed by atoms with van der Waals surface area (Å²) < 4.78 is 0. The van der Waals surface area contributed by atoms with Crippen LogP contribution in [-0.2, 0) is 0 Å². The van der Waals surface area contributed by atoms with Crippen LogP contribution in [0.25, 0.3) is 0 Å². The Morgan fingerprint density at radius 3 is 2.50 bits per heavy atom. The summed E-state index contributed by atoms with van der Waals surface area (Å²) in [4.78, 5) is 0. The van der Waals surface area contributed by atoms with Crippen LogP contribution in [0.5, 0.6) is 0 Å². The van der Waals surface area contributed by atoms with E-state index in [9.17, 15) is 0 Å². The van der Waals surface area contributed by atoms with Crippen molar-refractivity contribution in [2.45, 2.75) is 39.0 Å². The summed E-state index contributed by atoms with van der Waals surface area (Å²) in [7, 11) is 0. The number of hydrogen-bond donors (Lipinski definition) is 2. The molecule has 0 heterocycles. The van der Waals surface area contributed by atoms with E-state index in [1.807, 2.05) is 0 Å². The minimum atomic E-state index is 0.425. The maximum Gasteiger partial charge on any atom is 0.101 e. The molecule has 0 unspecified atom stereocenters. The Balaban J connectivity index is 3.46. The molecule has 0 aromatic rings. The minimum Gasteiger partial charge on any atom is -0.411 e. The maximum absolute atomic E-state index is 8.40.